The molecule has 3 aliphatic heterocycles. The minimum absolute atomic E-state index is 0.0109. The first-order chi connectivity index (χ1) is 15.6. The Morgan fingerprint density at radius 1 is 1.00 bits per heavy atom. The number of hydrogen-bond donors (Lipinski definition) is 1. The van der Waals surface area contributed by atoms with Crippen LogP contribution >= 0.6 is 23.4 Å². The summed E-state index contributed by atoms with van der Waals surface area (Å²) in [4.78, 5) is 30.3. The molecule has 3 aliphatic rings. The van der Waals surface area contributed by atoms with Gasteiger partial charge in [0.05, 0.1) is 5.92 Å². The van der Waals surface area contributed by atoms with Crippen LogP contribution in [0.2, 0.25) is 5.02 Å². The van der Waals surface area contributed by atoms with Crippen molar-refractivity contribution in [2.24, 2.45) is 5.92 Å². The number of benzene rings is 3. The molecule has 1 amide bonds. The lowest BCUT2D eigenvalue weighted by Gasteiger charge is -2.36. The van der Waals surface area contributed by atoms with Crippen LogP contribution in [0.4, 0.5) is 5.69 Å². The van der Waals surface area contributed by atoms with Crippen molar-refractivity contribution in [2.75, 3.05) is 16.9 Å². The zero-order valence-corrected chi connectivity index (χ0v) is 18.8. The molecule has 2 fully saturated rings. The number of ketones is 1. The summed E-state index contributed by atoms with van der Waals surface area (Å²) in [6.07, 6.45) is 0. The van der Waals surface area contributed by atoms with Crippen molar-refractivity contribution >= 4 is 40.7 Å². The van der Waals surface area contributed by atoms with Gasteiger partial charge < -0.3 is 5.32 Å². The fourth-order valence-electron chi connectivity index (χ4n) is 5.87. The number of hydrogen-bond acceptors (Lipinski definition) is 4. The molecule has 1 spiro atoms. The predicted octanol–water partition coefficient (Wildman–Crippen LogP) is 5.16. The lowest BCUT2D eigenvalue weighted by atomic mass is 9.69. The summed E-state index contributed by atoms with van der Waals surface area (Å²) < 4.78 is 0. The number of nitrogens with one attached hydrogen (secondary N) is 1. The van der Waals surface area contributed by atoms with Crippen molar-refractivity contribution in [3.8, 4) is 0 Å². The molecule has 0 aliphatic carbocycles. The maximum atomic E-state index is 14.2. The van der Waals surface area contributed by atoms with Crippen LogP contribution in [0.25, 0.3) is 0 Å². The van der Waals surface area contributed by atoms with E-state index in [1.165, 1.54) is 0 Å². The molecule has 0 bridgehead atoms. The van der Waals surface area contributed by atoms with Gasteiger partial charge in [-0.15, -0.1) is 11.8 Å². The van der Waals surface area contributed by atoms with Crippen LogP contribution in [0.3, 0.4) is 0 Å². The minimum atomic E-state index is -1.03. The van der Waals surface area contributed by atoms with Gasteiger partial charge >= 0.3 is 0 Å². The van der Waals surface area contributed by atoms with Crippen LogP contribution in [0, 0.1) is 5.92 Å². The number of rotatable bonds is 3. The number of anilines is 1. The Morgan fingerprint density at radius 3 is 2.50 bits per heavy atom. The Bertz CT molecular complexity index is 1220. The number of amides is 1. The topological polar surface area (TPSA) is 49.4 Å². The molecular formula is C26H21ClN2O2S. The van der Waals surface area contributed by atoms with Gasteiger partial charge in [0, 0.05) is 45.4 Å². The van der Waals surface area contributed by atoms with Gasteiger partial charge in [-0.05, 0) is 23.8 Å². The smallest absolute Gasteiger partial charge is 0.250 e. The van der Waals surface area contributed by atoms with Crippen LogP contribution in [0.5, 0.6) is 0 Å². The average molecular weight is 461 g/mol. The monoisotopic (exact) mass is 460 g/mol. The lowest BCUT2D eigenvalue weighted by molar-refractivity contribution is -0.127. The molecule has 32 heavy (non-hydrogen) atoms. The second-order valence-electron chi connectivity index (χ2n) is 8.59. The summed E-state index contributed by atoms with van der Waals surface area (Å²) in [6, 6.07) is 25.0. The van der Waals surface area contributed by atoms with Crippen LogP contribution in [0.1, 0.15) is 27.4 Å². The second kappa shape index (κ2) is 7.48. The predicted molar refractivity (Wildman–Crippen MR) is 128 cm³/mol. The third-order valence-corrected chi connectivity index (χ3v) is 8.41. The largest absolute Gasteiger partial charge is 0.324 e. The Balaban J connectivity index is 1.62. The maximum Gasteiger partial charge on any atom is 0.250 e. The zero-order valence-electron chi connectivity index (χ0n) is 17.2. The van der Waals surface area contributed by atoms with Crippen molar-refractivity contribution in [2.45, 2.75) is 17.5 Å². The number of thioether (sulfide) groups is 1. The number of carbonyl (C=O) groups is 2. The summed E-state index contributed by atoms with van der Waals surface area (Å²) in [5.41, 5.74) is 2.37. The first-order valence-corrected chi connectivity index (χ1v) is 12.3. The van der Waals surface area contributed by atoms with Gasteiger partial charge in [-0.1, -0.05) is 72.3 Å². The Kier molecular flexibility index (Phi) is 4.68. The lowest BCUT2D eigenvalue weighted by Crippen LogP contribution is -2.52. The number of Topliss-reactive ketones (excluding diaryl/α,β-unsaturated/α-hetero) is 1. The summed E-state index contributed by atoms with van der Waals surface area (Å²) in [7, 11) is 0. The van der Waals surface area contributed by atoms with Crippen LogP contribution < -0.4 is 5.32 Å². The first kappa shape index (κ1) is 20.0. The van der Waals surface area contributed by atoms with E-state index in [1.807, 2.05) is 90.6 Å². The Morgan fingerprint density at radius 2 is 1.72 bits per heavy atom. The highest BCUT2D eigenvalue weighted by molar-refractivity contribution is 7.99. The van der Waals surface area contributed by atoms with Crippen molar-refractivity contribution < 1.29 is 9.59 Å². The van der Waals surface area contributed by atoms with Crippen molar-refractivity contribution in [3.63, 3.8) is 0 Å². The van der Waals surface area contributed by atoms with Gasteiger partial charge in [0.15, 0.2) is 5.78 Å². The molecule has 6 heteroatoms. The van der Waals surface area contributed by atoms with Gasteiger partial charge in [-0.3, -0.25) is 14.5 Å². The minimum Gasteiger partial charge on any atom is -0.324 e. The van der Waals surface area contributed by atoms with E-state index >= 15 is 0 Å². The average Bonchev–Trinajstić information content (AvgIpc) is 3.48. The van der Waals surface area contributed by atoms with Gasteiger partial charge in [-0.25, -0.2) is 0 Å². The Labute approximate surface area is 196 Å². The third kappa shape index (κ3) is 2.68. The first-order valence-electron chi connectivity index (χ1n) is 10.7. The van der Waals surface area contributed by atoms with Crippen LogP contribution in [0.15, 0.2) is 78.9 Å². The fourth-order valence-corrected chi connectivity index (χ4v) is 7.32. The summed E-state index contributed by atoms with van der Waals surface area (Å²) >= 11 is 8.01. The highest BCUT2D eigenvalue weighted by atomic mass is 35.5. The number of halogens is 1. The molecule has 3 heterocycles. The highest BCUT2D eigenvalue weighted by Crippen LogP contribution is 2.61. The van der Waals surface area contributed by atoms with Crippen molar-refractivity contribution in [1.29, 1.82) is 0 Å². The van der Waals surface area contributed by atoms with Crippen LogP contribution in [-0.4, -0.2) is 34.3 Å². The molecule has 4 atom stereocenters. The molecule has 3 aromatic rings. The van der Waals surface area contributed by atoms with Crippen LogP contribution in [-0.2, 0) is 10.3 Å². The third-order valence-electron chi connectivity index (χ3n) is 7.12. The molecule has 0 unspecified atom stereocenters. The molecule has 0 radical (unpaired) electrons. The van der Waals surface area contributed by atoms with E-state index in [9.17, 15) is 9.59 Å². The van der Waals surface area contributed by atoms with Gasteiger partial charge in [0.25, 0.3) is 0 Å². The molecule has 6 rings (SSSR count). The molecule has 1 N–H and O–H groups in total. The second-order valence-corrected chi connectivity index (χ2v) is 10.0. The van der Waals surface area contributed by atoms with E-state index in [0.29, 0.717) is 10.6 Å². The number of fused-ring (bicyclic) bond motifs is 4. The van der Waals surface area contributed by atoms with E-state index < -0.39 is 11.5 Å². The standard InChI is InChI=1S/C26H21ClN2O2S/c27-18-12-10-16(11-13-18)22-21-14-32-15-29(21)26(19-8-4-5-9-20(19)28-25(26)31)23(22)24(30)17-6-2-1-3-7-17/h1-13,21-23H,14-15H2,(H,28,31)/t21-,22+,23+,26+/m0/s1. The number of carbonyl (C=O) groups excluding carboxylic acids is 2. The number of nitrogens with zero attached hydrogens (tertiary/aromatic N) is 1. The zero-order chi connectivity index (χ0) is 21.9. The molecule has 3 aromatic carbocycles. The molecule has 0 saturated carbocycles. The quantitative estimate of drug-likeness (QED) is 0.548. The highest BCUT2D eigenvalue weighted by Gasteiger charge is 2.69. The van der Waals surface area contributed by atoms with Crippen molar-refractivity contribution in [3.05, 3.63) is 101 Å². The van der Waals surface area contributed by atoms with Gasteiger partial charge in [0.1, 0.15) is 5.54 Å². The maximum absolute atomic E-state index is 14.2. The summed E-state index contributed by atoms with van der Waals surface area (Å²) in [5, 5.41) is 3.76. The normalized spacial score (nSPS) is 28.5. The fraction of sp³-hybridized carbons (Fsp3) is 0.231. The molecule has 4 nitrogen and oxygen atoms in total. The van der Waals surface area contributed by atoms with E-state index in [1.54, 1.807) is 0 Å². The van der Waals surface area contributed by atoms with Gasteiger partial charge in [0.2, 0.25) is 5.91 Å². The van der Waals surface area contributed by atoms with E-state index in [2.05, 4.69) is 10.2 Å². The van der Waals surface area contributed by atoms with Crippen molar-refractivity contribution in [1.82, 2.24) is 4.90 Å². The van der Waals surface area contributed by atoms with E-state index in [0.717, 1.165) is 28.4 Å². The molecule has 2 saturated heterocycles. The molecule has 160 valence electrons. The summed E-state index contributed by atoms with van der Waals surface area (Å²) in [6.45, 7) is 0. The molecule has 0 aromatic heterocycles. The SMILES string of the molecule is O=C(c1ccccc1)[C@H]1[C@H](c2ccc(Cl)cc2)[C@@H]2CSCN2[C@@]12C(=O)Nc1ccccc12. The molecular weight excluding hydrogens is 440 g/mol. The van der Waals surface area contributed by atoms with E-state index in [4.69, 9.17) is 11.6 Å². The van der Waals surface area contributed by atoms with Gasteiger partial charge in [-0.2, -0.15) is 0 Å². The Hall–Kier alpha value is -2.60. The summed E-state index contributed by atoms with van der Waals surface area (Å²) in [5.74, 6) is 0.847. The van der Waals surface area contributed by atoms with E-state index in [-0.39, 0.29) is 23.7 Å². The number of para-hydroxylation sites is 1.